The third-order valence-corrected chi connectivity index (χ3v) is 10.2. The molecule has 0 radical (unpaired) electrons. The molecule has 230 valence electrons. The van der Waals surface area contributed by atoms with Crippen molar-refractivity contribution in [1.82, 2.24) is 0 Å². The number of carbonyl (C=O) groups is 1. The van der Waals surface area contributed by atoms with Crippen LogP contribution in [0.25, 0.3) is 28.0 Å². The summed E-state index contributed by atoms with van der Waals surface area (Å²) in [6.07, 6.45) is 13.1. The minimum Gasteiger partial charge on any atom is -0.473 e. The van der Waals surface area contributed by atoms with E-state index in [0.717, 1.165) is 76.8 Å². The highest BCUT2D eigenvalue weighted by molar-refractivity contribution is 5.96. The lowest BCUT2D eigenvalue weighted by atomic mass is 9.82. The molecule has 0 N–H and O–H groups in total. The molecule has 0 amide bonds. The lowest BCUT2D eigenvalue weighted by Gasteiger charge is -2.37. The molecule has 3 aliphatic heterocycles. The summed E-state index contributed by atoms with van der Waals surface area (Å²) < 4.78 is 7.16. The number of nitrogens with zero attached hydrogens (tertiary/aromatic N) is 2. The summed E-state index contributed by atoms with van der Waals surface area (Å²) in [4.78, 5) is 16.2. The van der Waals surface area contributed by atoms with E-state index in [4.69, 9.17) is 4.74 Å². The Labute approximate surface area is 271 Å². The smallest absolute Gasteiger partial charge is 0.178 e. The second-order valence-corrected chi connectivity index (χ2v) is 13.0. The van der Waals surface area contributed by atoms with Gasteiger partial charge in [-0.1, -0.05) is 66.7 Å². The number of fused-ring (bicyclic) bond motifs is 3. The highest BCUT2D eigenvalue weighted by Crippen LogP contribution is 2.45. The molecular weight excluding hydrogens is 564 g/mol. The van der Waals surface area contributed by atoms with Gasteiger partial charge < -0.3 is 14.5 Å². The fourth-order valence-corrected chi connectivity index (χ4v) is 7.56. The highest BCUT2D eigenvalue weighted by atomic mass is 16.5. The molecule has 5 aromatic rings. The van der Waals surface area contributed by atoms with E-state index in [9.17, 15) is 4.79 Å². The van der Waals surface area contributed by atoms with Crippen LogP contribution in [0.15, 0.2) is 109 Å². The van der Waals surface area contributed by atoms with E-state index in [2.05, 4.69) is 101 Å². The second-order valence-electron chi connectivity index (χ2n) is 13.0. The maximum atomic E-state index is 11.1. The summed E-state index contributed by atoms with van der Waals surface area (Å²) in [5.41, 5.74) is 8.13. The Kier molecular flexibility index (Phi) is 7.57. The second kappa shape index (κ2) is 12.2. The number of hydrogen-bond donors (Lipinski definition) is 0. The van der Waals surface area contributed by atoms with Gasteiger partial charge in [-0.2, -0.15) is 0 Å². The van der Waals surface area contributed by atoms with Crippen LogP contribution in [0.2, 0.25) is 0 Å². The van der Waals surface area contributed by atoms with Crippen LogP contribution in [-0.4, -0.2) is 32.5 Å². The summed E-state index contributed by atoms with van der Waals surface area (Å²) in [5, 5.41) is 2.32. The molecule has 8 rings (SSSR count). The van der Waals surface area contributed by atoms with Gasteiger partial charge in [0.2, 0.25) is 0 Å². The zero-order valence-electron chi connectivity index (χ0n) is 26.3. The van der Waals surface area contributed by atoms with Gasteiger partial charge in [-0.3, -0.25) is 4.79 Å². The van der Waals surface area contributed by atoms with Crippen molar-refractivity contribution in [3.8, 4) is 16.9 Å². The first-order valence-corrected chi connectivity index (χ1v) is 16.9. The fraction of sp³-hybridized carbons (Fsp3) is 0.262. The summed E-state index contributed by atoms with van der Waals surface area (Å²) in [6, 6.07) is 36.8. The topological polar surface area (TPSA) is 32.8 Å². The molecule has 2 saturated heterocycles. The molecule has 0 saturated carbocycles. The predicted molar refractivity (Wildman–Crippen MR) is 190 cm³/mol. The van der Waals surface area contributed by atoms with Gasteiger partial charge in [0.15, 0.2) is 5.60 Å². The number of rotatable bonds is 6. The van der Waals surface area contributed by atoms with Gasteiger partial charge in [-0.15, -0.1) is 0 Å². The average molecular weight is 605 g/mol. The Morgan fingerprint density at radius 1 is 0.587 bits per heavy atom. The molecular formula is C42H40N2O2. The van der Waals surface area contributed by atoms with E-state index in [1.807, 2.05) is 24.3 Å². The molecule has 0 aromatic heterocycles. The van der Waals surface area contributed by atoms with Gasteiger partial charge in [0.1, 0.15) is 12.0 Å². The minimum atomic E-state index is -0.734. The molecule has 0 unspecified atom stereocenters. The van der Waals surface area contributed by atoms with Gasteiger partial charge >= 0.3 is 0 Å². The van der Waals surface area contributed by atoms with Crippen molar-refractivity contribution in [1.29, 1.82) is 0 Å². The number of ether oxygens (including phenoxy) is 1. The SMILES string of the molecule is O=Cc1ccc(-c2ccc3c4c(ccc3c2)OC(c2ccc(N3CCCCC3)cc2)(c2ccc(N3CCCCC3)cc2)C=C4)cc1. The van der Waals surface area contributed by atoms with Crippen molar-refractivity contribution >= 4 is 34.5 Å². The number of benzene rings is 5. The first kappa shape index (κ1) is 28.6. The summed E-state index contributed by atoms with van der Waals surface area (Å²) >= 11 is 0. The molecule has 46 heavy (non-hydrogen) atoms. The zero-order valence-corrected chi connectivity index (χ0v) is 26.3. The highest BCUT2D eigenvalue weighted by Gasteiger charge is 2.37. The summed E-state index contributed by atoms with van der Waals surface area (Å²) in [6.45, 7) is 4.52. The molecule has 0 spiro atoms. The standard InChI is InChI=1S/C42H40N2O2/c45-30-31-7-9-32(10-8-31)33-11-21-39-34(29-33)12-22-41-40(39)23-24-42(46-41,35-13-17-37(18-14-35)43-25-3-1-4-26-43)36-15-19-38(20-16-36)44-27-5-2-6-28-44/h7-24,29-30H,1-6,25-28H2. The molecule has 3 heterocycles. The van der Waals surface area contributed by atoms with Crippen molar-refractivity contribution in [2.45, 2.75) is 44.1 Å². The Bertz CT molecular complexity index is 1820. The van der Waals surface area contributed by atoms with Crippen molar-refractivity contribution < 1.29 is 9.53 Å². The summed E-state index contributed by atoms with van der Waals surface area (Å²) in [7, 11) is 0. The van der Waals surface area contributed by atoms with Crippen molar-refractivity contribution in [3.05, 3.63) is 131 Å². The van der Waals surface area contributed by atoms with Crippen LogP contribution in [0.3, 0.4) is 0 Å². The lowest BCUT2D eigenvalue weighted by molar-refractivity contribution is 0.112. The third-order valence-electron chi connectivity index (χ3n) is 10.2. The molecule has 0 bridgehead atoms. The van der Waals surface area contributed by atoms with Crippen molar-refractivity contribution in [2.24, 2.45) is 0 Å². The van der Waals surface area contributed by atoms with E-state index in [0.29, 0.717) is 5.56 Å². The number of hydrogen-bond acceptors (Lipinski definition) is 4. The Balaban J connectivity index is 1.17. The van der Waals surface area contributed by atoms with Gasteiger partial charge in [0.05, 0.1) is 0 Å². The number of anilines is 2. The van der Waals surface area contributed by atoms with E-state index < -0.39 is 5.60 Å². The normalized spacial score (nSPS) is 17.4. The average Bonchev–Trinajstić information content (AvgIpc) is 3.15. The van der Waals surface area contributed by atoms with Crippen LogP contribution in [0.4, 0.5) is 11.4 Å². The molecule has 5 aromatic carbocycles. The number of piperidine rings is 2. The van der Waals surface area contributed by atoms with Gasteiger partial charge in [-0.05, 0) is 109 Å². The molecule has 3 aliphatic rings. The van der Waals surface area contributed by atoms with Crippen molar-refractivity contribution in [3.63, 3.8) is 0 Å². The van der Waals surface area contributed by atoms with Gasteiger partial charge in [0.25, 0.3) is 0 Å². The van der Waals surface area contributed by atoms with Crippen LogP contribution in [0.1, 0.15) is 65.6 Å². The first-order chi connectivity index (χ1) is 22.7. The van der Waals surface area contributed by atoms with Crippen LogP contribution in [0.5, 0.6) is 5.75 Å². The van der Waals surface area contributed by atoms with Gasteiger partial charge in [0, 0.05) is 59.8 Å². The van der Waals surface area contributed by atoms with Crippen LogP contribution in [0, 0.1) is 0 Å². The van der Waals surface area contributed by atoms with E-state index in [-0.39, 0.29) is 0 Å². The lowest BCUT2D eigenvalue weighted by Crippen LogP contribution is -2.35. The first-order valence-electron chi connectivity index (χ1n) is 16.9. The maximum absolute atomic E-state index is 11.1. The monoisotopic (exact) mass is 604 g/mol. The minimum absolute atomic E-state index is 0.687. The van der Waals surface area contributed by atoms with E-state index >= 15 is 0 Å². The molecule has 0 aliphatic carbocycles. The van der Waals surface area contributed by atoms with Crippen molar-refractivity contribution in [2.75, 3.05) is 36.0 Å². The Morgan fingerprint density at radius 3 is 1.72 bits per heavy atom. The summed E-state index contributed by atoms with van der Waals surface area (Å²) in [5.74, 6) is 0.887. The molecule has 4 nitrogen and oxygen atoms in total. The largest absolute Gasteiger partial charge is 0.473 e. The van der Waals surface area contributed by atoms with Gasteiger partial charge in [-0.25, -0.2) is 0 Å². The maximum Gasteiger partial charge on any atom is 0.178 e. The molecule has 0 atom stereocenters. The van der Waals surface area contributed by atoms with E-state index in [1.165, 1.54) is 49.9 Å². The zero-order chi connectivity index (χ0) is 30.9. The molecule has 2 fully saturated rings. The quantitative estimate of drug-likeness (QED) is 0.181. The van der Waals surface area contributed by atoms with Crippen LogP contribution >= 0.6 is 0 Å². The number of carbonyl (C=O) groups excluding carboxylic acids is 1. The third kappa shape index (κ3) is 5.26. The Hall–Kier alpha value is -4.83. The number of aldehydes is 1. The van der Waals surface area contributed by atoms with E-state index in [1.54, 1.807) is 0 Å². The Morgan fingerprint density at radius 2 is 1.15 bits per heavy atom. The predicted octanol–water partition coefficient (Wildman–Crippen LogP) is 9.65. The molecule has 4 heteroatoms. The fourth-order valence-electron chi connectivity index (χ4n) is 7.56. The van der Waals surface area contributed by atoms with Crippen LogP contribution in [-0.2, 0) is 5.60 Å². The van der Waals surface area contributed by atoms with Crippen LogP contribution < -0.4 is 14.5 Å².